The lowest BCUT2D eigenvalue weighted by molar-refractivity contribution is 0.606. The fourth-order valence-electron chi connectivity index (χ4n) is 1.55. The van der Waals surface area contributed by atoms with Crippen LogP contribution in [0.2, 0.25) is 0 Å². The standard InChI is InChI=1S/C10H11FN4S/c1-6-2-3-7(11)4-8(6)10(14-12)9-5-13-15-16-9/h2-5,10,14H,12H2,1H3. The molecule has 1 heterocycles. The number of halogens is 1. The maximum atomic E-state index is 13.2. The minimum absolute atomic E-state index is 0.268. The Kier molecular flexibility index (Phi) is 3.23. The van der Waals surface area contributed by atoms with Gasteiger partial charge in [-0.15, -0.1) is 5.10 Å². The summed E-state index contributed by atoms with van der Waals surface area (Å²) in [4.78, 5) is 0.858. The maximum absolute atomic E-state index is 13.2. The molecule has 0 saturated carbocycles. The van der Waals surface area contributed by atoms with Gasteiger partial charge in [-0.25, -0.2) is 9.82 Å². The molecule has 4 nitrogen and oxygen atoms in total. The van der Waals surface area contributed by atoms with Gasteiger partial charge < -0.3 is 0 Å². The zero-order valence-electron chi connectivity index (χ0n) is 8.64. The molecule has 0 amide bonds. The van der Waals surface area contributed by atoms with Crippen molar-refractivity contribution in [3.8, 4) is 0 Å². The van der Waals surface area contributed by atoms with Crippen LogP contribution in [-0.2, 0) is 0 Å². The Bertz CT molecular complexity index is 472. The molecule has 0 radical (unpaired) electrons. The van der Waals surface area contributed by atoms with Crippen molar-refractivity contribution < 1.29 is 4.39 Å². The molecule has 6 heteroatoms. The first-order valence-electron chi connectivity index (χ1n) is 4.72. The minimum atomic E-state index is -0.279. The zero-order valence-corrected chi connectivity index (χ0v) is 9.46. The first kappa shape index (κ1) is 11.1. The number of nitrogens with one attached hydrogen (secondary N) is 1. The van der Waals surface area contributed by atoms with E-state index >= 15 is 0 Å². The van der Waals surface area contributed by atoms with Crippen molar-refractivity contribution in [3.05, 3.63) is 46.2 Å². The van der Waals surface area contributed by atoms with Gasteiger partial charge in [0.15, 0.2) is 0 Å². The van der Waals surface area contributed by atoms with Gasteiger partial charge in [-0.3, -0.25) is 5.84 Å². The Balaban J connectivity index is 2.44. The summed E-state index contributed by atoms with van der Waals surface area (Å²) in [5, 5.41) is 3.75. The number of nitrogens with two attached hydrogens (primary N) is 1. The predicted molar refractivity (Wildman–Crippen MR) is 60.2 cm³/mol. The second-order valence-electron chi connectivity index (χ2n) is 3.42. The quantitative estimate of drug-likeness (QED) is 0.629. The van der Waals surface area contributed by atoms with E-state index in [2.05, 4.69) is 15.0 Å². The van der Waals surface area contributed by atoms with Crippen LogP contribution in [0.3, 0.4) is 0 Å². The maximum Gasteiger partial charge on any atom is 0.123 e. The molecular weight excluding hydrogens is 227 g/mol. The van der Waals surface area contributed by atoms with E-state index in [-0.39, 0.29) is 11.9 Å². The van der Waals surface area contributed by atoms with Crippen molar-refractivity contribution in [2.75, 3.05) is 0 Å². The number of benzene rings is 1. The van der Waals surface area contributed by atoms with Crippen LogP contribution in [0, 0.1) is 12.7 Å². The number of nitrogens with zero attached hydrogens (tertiary/aromatic N) is 2. The average Bonchev–Trinajstić information content (AvgIpc) is 2.78. The summed E-state index contributed by atoms with van der Waals surface area (Å²) in [6.07, 6.45) is 1.62. The fourth-order valence-corrected chi connectivity index (χ4v) is 2.13. The molecule has 1 aromatic carbocycles. The summed E-state index contributed by atoms with van der Waals surface area (Å²) in [5.74, 6) is 5.21. The molecule has 0 aliphatic rings. The lowest BCUT2D eigenvalue weighted by atomic mass is 10.0. The molecule has 84 valence electrons. The summed E-state index contributed by atoms with van der Waals surface area (Å²) in [5.41, 5.74) is 4.42. The summed E-state index contributed by atoms with van der Waals surface area (Å²) in [6, 6.07) is 4.36. The normalized spacial score (nSPS) is 12.7. The van der Waals surface area contributed by atoms with Gasteiger partial charge in [-0.05, 0) is 41.7 Å². The van der Waals surface area contributed by atoms with Crippen LogP contribution in [0.15, 0.2) is 24.4 Å². The van der Waals surface area contributed by atoms with Crippen LogP contribution < -0.4 is 11.3 Å². The van der Waals surface area contributed by atoms with Crippen LogP contribution in [0.4, 0.5) is 4.39 Å². The van der Waals surface area contributed by atoms with Crippen LogP contribution in [0.25, 0.3) is 0 Å². The van der Waals surface area contributed by atoms with Crippen molar-refractivity contribution in [2.24, 2.45) is 5.84 Å². The third-order valence-electron chi connectivity index (χ3n) is 2.38. The highest BCUT2D eigenvalue weighted by atomic mass is 32.1. The number of rotatable bonds is 3. The van der Waals surface area contributed by atoms with E-state index in [0.29, 0.717) is 0 Å². The molecule has 3 N–H and O–H groups in total. The zero-order chi connectivity index (χ0) is 11.5. The van der Waals surface area contributed by atoms with Crippen molar-refractivity contribution in [1.82, 2.24) is 15.0 Å². The first-order valence-corrected chi connectivity index (χ1v) is 5.49. The molecule has 2 aromatic rings. The van der Waals surface area contributed by atoms with Gasteiger partial charge in [0.1, 0.15) is 5.82 Å². The third kappa shape index (κ3) is 2.08. The van der Waals surface area contributed by atoms with Crippen molar-refractivity contribution in [2.45, 2.75) is 13.0 Å². The Morgan fingerprint density at radius 1 is 1.50 bits per heavy atom. The van der Waals surface area contributed by atoms with Crippen LogP contribution in [0.1, 0.15) is 22.0 Å². The van der Waals surface area contributed by atoms with Crippen LogP contribution in [0.5, 0.6) is 0 Å². The number of hydrogen-bond donors (Lipinski definition) is 2. The second kappa shape index (κ2) is 4.65. The van der Waals surface area contributed by atoms with Crippen LogP contribution >= 0.6 is 11.5 Å². The lowest BCUT2D eigenvalue weighted by Crippen LogP contribution is -2.28. The van der Waals surface area contributed by atoms with E-state index in [1.54, 1.807) is 12.3 Å². The van der Waals surface area contributed by atoms with Crippen molar-refractivity contribution >= 4 is 11.5 Å². The van der Waals surface area contributed by atoms with Gasteiger partial charge in [-0.2, -0.15) is 0 Å². The van der Waals surface area contributed by atoms with E-state index in [1.165, 1.54) is 23.7 Å². The van der Waals surface area contributed by atoms with E-state index < -0.39 is 0 Å². The highest BCUT2D eigenvalue weighted by molar-refractivity contribution is 7.05. The van der Waals surface area contributed by atoms with E-state index in [1.807, 2.05) is 6.92 Å². The van der Waals surface area contributed by atoms with Crippen LogP contribution in [-0.4, -0.2) is 9.59 Å². The van der Waals surface area contributed by atoms with Gasteiger partial charge in [0.25, 0.3) is 0 Å². The van der Waals surface area contributed by atoms with Gasteiger partial charge in [-0.1, -0.05) is 10.6 Å². The molecule has 0 saturated heterocycles. The fraction of sp³-hybridized carbons (Fsp3) is 0.200. The molecule has 1 unspecified atom stereocenters. The predicted octanol–water partition coefficient (Wildman–Crippen LogP) is 1.54. The monoisotopic (exact) mass is 238 g/mol. The lowest BCUT2D eigenvalue weighted by Gasteiger charge is -2.16. The molecule has 0 aliphatic carbocycles. The summed E-state index contributed by atoms with van der Waals surface area (Å²) >= 11 is 1.24. The molecule has 0 spiro atoms. The van der Waals surface area contributed by atoms with Gasteiger partial charge in [0.05, 0.1) is 17.1 Å². The van der Waals surface area contributed by atoms with Gasteiger partial charge in [0.2, 0.25) is 0 Å². The Hall–Kier alpha value is -1.37. The van der Waals surface area contributed by atoms with E-state index in [9.17, 15) is 4.39 Å². The van der Waals surface area contributed by atoms with Crippen molar-refractivity contribution in [1.29, 1.82) is 0 Å². The Morgan fingerprint density at radius 2 is 2.31 bits per heavy atom. The van der Waals surface area contributed by atoms with Crippen molar-refractivity contribution in [3.63, 3.8) is 0 Å². The number of aryl methyl sites for hydroxylation is 1. The Labute approximate surface area is 96.4 Å². The number of hydrazine groups is 1. The second-order valence-corrected chi connectivity index (χ2v) is 4.24. The minimum Gasteiger partial charge on any atom is -0.271 e. The van der Waals surface area contributed by atoms with Gasteiger partial charge >= 0.3 is 0 Å². The molecule has 1 aromatic heterocycles. The number of aromatic nitrogens is 2. The van der Waals surface area contributed by atoms with E-state index in [4.69, 9.17) is 5.84 Å². The summed E-state index contributed by atoms with van der Waals surface area (Å²) in [6.45, 7) is 1.91. The van der Waals surface area contributed by atoms with E-state index in [0.717, 1.165) is 16.0 Å². The molecule has 16 heavy (non-hydrogen) atoms. The topological polar surface area (TPSA) is 63.8 Å². The highest BCUT2D eigenvalue weighted by Gasteiger charge is 2.17. The molecule has 0 bridgehead atoms. The molecular formula is C10H11FN4S. The number of hydrogen-bond acceptors (Lipinski definition) is 5. The molecule has 2 rings (SSSR count). The van der Waals surface area contributed by atoms with Gasteiger partial charge in [0, 0.05) is 0 Å². The first-order chi connectivity index (χ1) is 7.72. The smallest absolute Gasteiger partial charge is 0.123 e. The highest BCUT2D eigenvalue weighted by Crippen LogP contribution is 2.26. The average molecular weight is 238 g/mol. The largest absolute Gasteiger partial charge is 0.271 e. The molecule has 1 atom stereocenters. The molecule has 0 fully saturated rings. The summed E-state index contributed by atoms with van der Waals surface area (Å²) < 4.78 is 17.0. The third-order valence-corrected chi connectivity index (χ3v) is 3.11. The Morgan fingerprint density at radius 3 is 2.94 bits per heavy atom. The summed E-state index contributed by atoms with van der Waals surface area (Å²) in [7, 11) is 0. The SMILES string of the molecule is Cc1ccc(F)cc1C(NN)c1cnns1. The molecule has 0 aliphatic heterocycles.